The van der Waals surface area contributed by atoms with Gasteiger partial charge in [0.1, 0.15) is 0 Å². The Morgan fingerprint density at radius 2 is 1.89 bits per heavy atom. The molecule has 0 aliphatic heterocycles. The summed E-state index contributed by atoms with van der Waals surface area (Å²) in [7, 11) is 0. The van der Waals surface area contributed by atoms with E-state index >= 15 is 0 Å². The maximum Gasteiger partial charge on any atom is 0.251 e. The number of benzene rings is 1. The molecule has 0 saturated carbocycles. The lowest BCUT2D eigenvalue weighted by atomic mass is 10.2. The number of rotatable bonds is 3. The van der Waals surface area contributed by atoms with Gasteiger partial charge in [0.05, 0.1) is 6.04 Å². The summed E-state index contributed by atoms with van der Waals surface area (Å²) < 4.78 is 0.973. The molecule has 1 aromatic heterocycles. The highest BCUT2D eigenvalue weighted by molar-refractivity contribution is 9.10. The van der Waals surface area contributed by atoms with Crippen LogP contribution in [0.1, 0.15) is 33.1 Å². The van der Waals surface area contributed by atoms with E-state index < -0.39 is 0 Å². The van der Waals surface area contributed by atoms with Crippen molar-refractivity contribution < 1.29 is 4.79 Å². The molecule has 4 heteroatoms. The smallest absolute Gasteiger partial charge is 0.251 e. The predicted octanol–water partition coefficient (Wildman–Crippen LogP) is 4.31. The van der Waals surface area contributed by atoms with E-state index in [1.165, 1.54) is 9.75 Å². The highest BCUT2D eigenvalue weighted by Crippen LogP contribution is 2.22. The molecule has 2 aromatic rings. The minimum atomic E-state index is -0.0407. The van der Waals surface area contributed by atoms with Crippen molar-refractivity contribution in [3.05, 3.63) is 56.2 Å². The lowest BCUT2D eigenvalue weighted by molar-refractivity contribution is 0.0940. The van der Waals surface area contributed by atoms with Gasteiger partial charge < -0.3 is 5.32 Å². The number of carbonyl (C=O) groups is 1. The van der Waals surface area contributed by atoms with Gasteiger partial charge in [0.15, 0.2) is 0 Å². The first-order chi connectivity index (χ1) is 8.56. The molecule has 2 rings (SSSR count). The molecule has 0 spiro atoms. The molecule has 1 N–H and O–H groups in total. The molecule has 2 nitrogen and oxygen atoms in total. The van der Waals surface area contributed by atoms with Crippen LogP contribution in [0.15, 0.2) is 40.9 Å². The van der Waals surface area contributed by atoms with Crippen LogP contribution in [0.4, 0.5) is 0 Å². The molecule has 1 atom stereocenters. The zero-order valence-corrected chi connectivity index (χ0v) is 12.6. The van der Waals surface area contributed by atoms with Gasteiger partial charge in [0, 0.05) is 19.8 Å². The second-order valence-electron chi connectivity index (χ2n) is 4.15. The molecular weight excluding hydrogens is 310 g/mol. The van der Waals surface area contributed by atoms with Crippen molar-refractivity contribution in [2.24, 2.45) is 0 Å². The van der Waals surface area contributed by atoms with E-state index in [0.717, 1.165) is 4.47 Å². The number of carbonyl (C=O) groups excluding carboxylic acids is 1. The molecular formula is C14H14BrNOS. The van der Waals surface area contributed by atoms with Crippen molar-refractivity contribution in [3.63, 3.8) is 0 Å². The third-order valence-corrected chi connectivity index (χ3v) is 4.35. The summed E-state index contributed by atoms with van der Waals surface area (Å²) in [6.45, 7) is 4.07. The molecule has 1 heterocycles. The number of nitrogens with one attached hydrogen (secondary N) is 1. The van der Waals surface area contributed by atoms with Crippen molar-refractivity contribution in [2.75, 3.05) is 0 Å². The third-order valence-electron chi connectivity index (χ3n) is 2.64. The molecule has 0 fully saturated rings. The lowest BCUT2D eigenvalue weighted by Crippen LogP contribution is -2.25. The van der Waals surface area contributed by atoms with Gasteiger partial charge in [-0.15, -0.1) is 11.3 Å². The summed E-state index contributed by atoms with van der Waals surface area (Å²) in [5.41, 5.74) is 0.679. The average Bonchev–Trinajstić information content (AvgIpc) is 2.76. The Morgan fingerprint density at radius 3 is 2.44 bits per heavy atom. The van der Waals surface area contributed by atoms with Crippen LogP contribution in [0.5, 0.6) is 0 Å². The van der Waals surface area contributed by atoms with E-state index in [-0.39, 0.29) is 11.9 Å². The molecule has 0 saturated heterocycles. The number of hydrogen-bond donors (Lipinski definition) is 1. The number of halogens is 1. The number of aryl methyl sites for hydroxylation is 1. The van der Waals surface area contributed by atoms with Gasteiger partial charge in [-0.3, -0.25) is 4.79 Å². The Kier molecular flexibility index (Phi) is 4.19. The van der Waals surface area contributed by atoms with E-state index in [1.54, 1.807) is 11.3 Å². The first-order valence-corrected chi connectivity index (χ1v) is 7.30. The molecule has 1 unspecified atom stereocenters. The van der Waals surface area contributed by atoms with Gasteiger partial charge in [0.2, 0.25) is 0 Å². The van der Waals surface area contributed by atoms with E-state index in [0.29, 0.717) is 5.56 Å². The van der Waals surface area contributed by atoms with Gasteiger partial charge >= 0.3 is 0 Å². The summed E-state index contributed by atoms with van der Waals surface area (Å²) in [4.78, 5) is 14.5. The topological polar surface area (TPSA) is 29.1 Å². The van der Waals surface area contributed by atoms with Crippen LogP contribution in [0.3, 0.4) is 0 Å². The first-order valence-electron chi connectivity index (χ1n) is 5.69. The van der Waals surface area contributed by atoms with Crippen molar-refractivity contribution in [2.45, 2.75) is 19.9 Å². The van der Waals surface area contributed by atoms with Gasteiger partial charge in [-0.25, -0.2) is 0 Å². The zero-order valence-electron chi connectivity index (χ0n) is 10.2. The van der Waals surface area contributed by atoms with Crippen molar-refractivity contribution in [3.8, 4) is 0 Å². The van der Waals surface area contributed by atoms with Crippen LogP contribution in [0.2, 0.25) is 0 Å². The van der Waals surface area contributed by atoms with E-state index in [2.05, 4.69) is 40.3 Å². The highest BCUT2D eigenvalue weighted by Gasteiger charge is 2.12. The monoisotopic (exact) mass is 323 g/mol. The van der Waals surface area contributed by atoms with E-state index in [4.69, 9.17) is 0 Å². The molecule has 94 valence electrons. The third kappa shape index (κ3) is 3.21. The SMILES string of the molecule is Cc1ccc(C(C)NC(=O)c2ccc(Br)cc2)s1. The van der Waals surface area contributed by atoms with Crippen LogP contribution in [-0.4, -0.2) is 5.91 Å². The van der Waals surface area contributed by atoms with Crippen LogP contribution in [0.25, 0.3) is 0 Å². The molecule has 1 aromatic carbocycles. The molecule has 0 bridgehead atoms. The molecule has 0 radical (unpaired) electrons. The van der Waals surface area contributed by atoms with E-state index in [9.17, 15) is 4.79 Å². The summed E-state index contributed by atoms with van der Waals surface area (Å²) in [6.07, 6.45) is 0. The summed E-state index contributed by atoms with van der Waals surface area (Å²) in [6, 6.07) is 11.5. The Hall–Kier alpha value is -1.13. The fourth-order valence-electron chi connectivity index (χ4n) is 1.64. The summed E-state index contributed by atoms with van der Waals surface area (Å²) in [5.74, 6) is -0.0407. The number of amides is 1. The highest BCUT2D eigenvalue weighted by atomic mass is 79.9. The van der Waals surface area contributed by atoms with Gasteiger partial charge in [-0.05, 0) is 50.2 Å². The fourth-order valence-corrected chi connectivity index (χ4v) is 2.78. The second-order valence-corrected chi connectivity index (χ2v) is 6.39. The van der Waals surface area contributed by atoms with Gasteiger partial charge in [-0.1, -0.05) is 15.9 Å². The fraction of sp³-hybridized carbons (Fsp3) is 0.214. The maximum absolute atomic E-state index is 12.0. The first kappa shape index (κ1) is 13.3. The Balaban J connectivity index is 2.05. The van der Waals surface area contributed by atoms with Crippen LogP contribution in [-0.2, 0) is 0 Å². The van der Waals surface area contributed by atoms with Crippen LogP contribution >= 0.6 is 27.3 Å². The largest absolute Gasteiger partial charge is 0.345 e. The summed E-state index contributed by atoms with van der Waals surface area (Å²) in [5, 5.41) is 3.00. The second kappa shape index (κ2) is 5.67. The van der Waals surface area contributed by atoms with Crippen molar-refractivity contribution in [1.29, 1.82) is 0 Å². The minimum absolute atomic E-state index is 0.0407. The normalized spacial score (nSPS) is 12.2. The standard InChI is InChI=1S/C14H14BrNOS/c1-9-3-8-13(18-9)10(2)16-14(17)11-4-6-12(15)7-5-11/h3-8,10H,1-2H3,(H,16,17). The minimum Gasteiger partial charge on any atom is -0.345 e. The quantitative estimate of drug-likeness (QED) is 0.895. The van der Waals surface area contributed by atoms with Crippen LogP contribution < -0.4 is 5.32 Å². The number of thiophene rings is 1. The van der Waals surface area contributed by atoms with Gasteiger partial charge in [-0.2, -0.15) is 0 Å². The zero-order chi connectivity index (χ0) is 13.1. The Bertz CT molecular complexity index is 547. The lowest BCUT2D eigenvalue weighted by Gasteiger charge is -2.12. The molecule has 18 heavy (non-hydrogen) atoms. The molecule has 0 aliphatic carbocycles. The van der Waals surface area contributed by atoms with Gasteiger partial charge in [0.25, 0.3) is 5.91 Å². The Labute approximate surface area is 119 Å². The Morgan fingerprint density at radius 1 is 1.22 bits per heavy atom. The number of hydrogen-bond acceptors (Lipinski definition) is 2. The maximum atomic E-state index is 12.0. The van der Waals surface area contributed by atoms with Crippen molar-refractivity contribution >= 4 is 33.2 Å². The average molecular weight is 324 g/mol. The van der Waals surface area contributed by atoms with Crippen LogP contribution in [0, 0.1) is 6.92 Å². The summed E-state index contributed by atoms with van der Waals surface area (Å²) >= 11 is 5.07. The predicted molar refractivity (Wildman–Crippen MR) is 79.1 cm³/mol. The molecule has 1 amide bonds. The van der Waals surface area contributed by atoms with E-state index in [1.807, 2.05) is 31.2 Å². The van der Waals surface area contributed by atoms with Crippen molar-refractivity contribution in [1.82, 2.24) is 5.32 Å². The molecule has 0 aliphatic rings.